The molecule has 1 amide bonds. The van der Waals surface area contributed by atoms with Crippen molar-refractivity contribution < 1.29 is 22.7 Å². The monoisotopic (exact) mass is 593 g/mol. The minimum atomic E-state index is -3.35. The van der Waals surface area contributed by atoms with Gasteiger partial charge in [-0.15, -0.1) is 10.2 Å². The molecular weight excluding hydrogens is 563 g/mol. The number of nitrogens with one attached hydrogen (secondary N) is 2. The SMILES string of the molecule is COC(F)(F)CNCc1cc(C(=O)Nc2cc(-c3ccc(F)cc3-c3nncn3C)cc(C3CC3)n2)c(=O)n(C2CC2)c1. The molecule has 43 heavy (non-hydrogen) atoms. The van der Waals surface area contributed by atoms with E-state index >= 15 is 0 Å². The van der Waals surface area contributed by atoms with Gasteiger partial charge in [0.2, 0.25) is 0 Å². The lowest BCUT2D eigenvalue weighted by atomic mass is 9.98. The molecule has 10 nitrogen and oxygen atoms in total. The standard InChI is InChI=1S/C30H30F3N7O3/c1-39-16-35-38-27(39)23-12-20(31)5-8-22(23)19-10-25(18-3-4-18)36-26(11-19)37-28(41)24-9-17(13-34-15-30(32,33)43-2)14-40(29(24)42)21-6-7-21/h5,8-12,14,16,18,21,34H,3-4,6-7,13,15H2,1-2H3,(H,36,37,41). The summed E-state index contributed by atoms with van der Waals surface area (Å²) in [5.74, 6) is -0.167. The number of amides is 1. The highest BCUT2D eigenvalue weighted by molar-refractivity contribution is 6.04. The van der Waals surface area contributed by atoms with Crippen LogP contribution in [0.1, 0.15) is 59.3 Å². The Morgan fingerprint density at radius 3 is 2.58 bits per heavy atom. The van der Waals surface area contributed by atoms with E-state index in [0.717, 1.165) is 38.5 Å². The molecule has 2 fully saturated rings. The zero-order chi connectivity index (χ0) is 30.3. The van der Waals surface area contributed by atoms with Crippen molar-refractivity contribution in [2.45, 2.75) is 50.3 Å². The number of anilines is 1. The molecule has 3 aromatic heterocycles. The molecule has 6 rings (SSSR count). The first kappa shape index (κ1) is 28.7. The molecule has 3 heterocycles. The van der Waals surface area contributed by atoms with Crippen LogP contribution < -0.4 is 16.2 Å². The molecular formula is C30H30F3N7O3. The molecule has 2 saturated carbocycles. The highest BCUT2D eigenvalue weighted by atomic mass is 19.3. The maximum atomic E-state index is 14.4. The summed E-state index contributed by atoms with van der Waals surface area (Å²) in [5, 5.41) is 13.5. The molecule has 2 aliphatic carbocycles. The largest absolute Gasteiger partial charge is 0.367 e. The Kier molecular flexibility index (Phi) is 7.61. The Bertz CT molecular complexity index is 1750. The first-order valence-electron chi connectivity index (χ1n) is 14.0. The van der Waals surface area contributed by atoms with Crippen molar-refractivity contribution in [1.29, 1.82) is 0 Å². The molecule has 0 radical (unpaired) electrons. The smallest absolute Gasteiger partial charge is 0.323 e. The van der Waals surface area contributed by atoms with Gasteiger partial charge in [-0.2, -0.15) is 8.78 Å². The lowest BCUT2D eigenvalue weighted by Crippen LogP contribution is -2.35. The van der Waals surface area contributed by atoms with Gasteiger partial charge < -0.3 is 24.5 Å². The highest BCUT2D eigenvalue weighted by Crippen LogP contribution is 2.42. The van der Waals surface area contributed by atoms with Crippen molar-refractivity contribution >= 4 is 11.7 Å². The van der Waals surface area contributed by atoms with Gasteiger partial charge in [0.05, 0.1) is 6.54 Å². The molecule has 224 valence electrons. The number of carbonyl (C=O) groups excluding carboxylic acids is 1. The molecule has 13 heteroatoms. The number of pyridine rings is 2. The molecule has 0 unspecified atom stereocenters. The third-order valence-corrected chi connectivity index (χ3v) is 7.57. The number of rotatable bonds is 11. The lowest BCUT2D eigenvalue weighted by molar-refractivity contribution is -0.216. The van der Waals surface area contributed by atoms with Gasteiger partial charge in [0.1, 0.15) is 23.5 Å². The number of aryl methyl sites for hydroxylation is 1. The van der Waals surface area contributed by atoms with E-state index in [1.165, 1.54) is 29.1 Å². The topological polar surface area (TPSA) is 116 Å². The van der Waals surface area contributed by atoms with Gasteiger partial charge in [-0.1, -0.05) is 6.07 Å². The molecule has 0 atom stereocenters. The van der Waals surface area contributed by atoms with Crippen molar-refractivity contribution in [3.05, 3.63) is 81.9 Å². The van der Waals surface area contributed by atoms with Crippen LogP contribution in [-0.4, -0.2) is 50.0 Å². The average Bonchev–Trinajstić information content (AvgIpc) is 3.91. The van der Waals surface area contributed by atoms with Crippen molar-refractivity contribution in [3.8, 4) is 22.5 Å². The van der Waals surface area contributed by atoms with E-state index in [9.17, 15) is 22.8 Å². The predicted molar refractivity (Wildman–Crippen MR) is 152 cm³/mol. The van der Waals surface area contributed by atoms with Crippen LogP contribution in [0.2, 0.25) is 0 Å². The summed E-state index contributed by atoms with van der Waals surface area (Å²) in [6, 6.07) is 9.35. The first-order chi connectivity index (χ1) is 20.6. The van der Waals surface area contributed by atoms with Crippen LogP contribution in [0, 0.1) is 5.82 Å². The lowest BCUT2D eigenvalue weighted by Gasteiger charge is -2.16. The summed E-state index contributed by atoms with van der Waals surface area (Å²) in [5.41, 5.74) is 2.58. The second-order valence-corrected chi connectivity index (χ2v) is 11.0. The maximum absolute atomic E-state index is 14.4. The van der Waals surface area contributed by atoms with Crippen molar-refractivity contribution in [2.75, 3.05) is 19.0 Å². The number of aromatic nitrogens is 5. The number of carbonyl (C=O) groups is 1. The van der Waals surface area contributed by atoms with Crippen LogP contribution in [0.3, 0.4) is 0 Å². The van der Waals surface area contributed by atoms with Gasteiger partial charge in [-0.3, -0.25) is 9.59 Å². The van der Waals surface area contributed by atoms with Gasteiger partial charge in [0, 0.05) is 50.1 Å². The van der Waals surface area contributed by atoms with E-state index in [1.807, 2.05) is 6.07 Å². The van der Waals surface area contributed by atoms with Crippen molar-refractivity contribution in [1.82, 2.24) is 29.6 Å². The number of halogens is 3. The number of ether oxygens (including phenoxy) is 1. The van der Waals surface area contributed by atoms with Gasteiger partial charge in [0.15, 0.2) is 5.82 Å². The van der Waals surface area contributed by atoms with Crippen LogP contribution in [0.25, 0.3) is 22.5 Å². The van der Waals surface area contributed by atoms with Gasteiger partial charge in [-0.25, -0.2) is 9.37 Å². The number of hydrogen-bond donors (Lipinski definition) is 2. The summed E-state index contributed by atoms with van der Waals surface area (Å²) in [6.45, 7) is -0.727. The van der Waals surface area contributed by atoms with Crippen LogP contribution in [0.4, 0.5) is 19.0 Å². The molecule has 0 aliphatic heterocycles. The van der Waals surface area contributed by atoms with Gasteiger partial charge in [0.25, 0.3) is 11.5 Å². The van der Waals surface area contributed by atoms with E-state index in [0.29, 0.717) is 28.1 Å². The maximum Gasteiger partial charge on any atom is 0.367 e. The zero-order valence-electron chi connectivity index (χ0n) is 23.6. The fourth-order valence-electron chi connectivity index (χ4n) is 4.99. The van der Waals surface area contributed by atoms with Crippen molar-refractivity contribution in [3.63, 3.8) is 0 Å². The van der Waals surface area contributed by atoms with E-state index in [-0.39, 0.29) is 29.9 Å². The second-order valence-electron chi connectivity index (χ2n) is 11.0. The Morgan fingerprint density at radius 1 is 1.12 bits per heavy atom. The Hall–Kier alpha value is -4.36. The number of nitrogens with zero attached hydrogens (tertiary/aromatic N) is 5. The highest BCUT2D eigenvalue weighted by Gasteiger charge is 2.30. The van der Waals surface area contributed by atoms with Crippen LogP contribution in [-0.2, 0) is 18.3 Å². The second kappa shape index (κ2) is 11.4. The molecule has 2 N–H and O–H groups in total. The summed E-state index contributed by atoms with van der Waals surface area (Å²) in [6.07, 6.45) is 3.26. The Morgan fingerprint density at radius 2 is 1.91 bits per heavy atom. The fraction of sp³-hybridized carbons (Fsp3) is 0.367. The third-order valence-electron chi connectivity index (χ3n) is 7.57. The molecule has 0 bridgehead atoms. The molecule has 1 aromatic carbocycles. The predicted octanol–water partition coefficient (Wildman–Crippen LogP) is 4.64. The molecule has 2 aliphatic rings. The van der Waals surface area contributed by atoms with E-state index in [1.54, 1.807) is 29.9 Å². The Labute approximate surface area is 244 Å². The first-order valence-corrected chi connectivity index (χ1v) is 14.0. The number of methoxy groups -OCH3 is 1. The summed E-state index contributed by atoms with van der Waals surface area (Å²) < 4.78 is 48.8. The molecule has 0 saturated heterocycles. The van der Waals surface area contributed by atoms with Crippen LogP contribution in [0.5, 0.6) is 0 Å². The number of hydrogen-bond acceptors (Lipinski definition) is 7. The number of benzene rings is 1. The minimum Gasteiger partial charge on any atom is -0.323 e. The van der Waals surface area contributed by atoms with Crippen LogP contribution in [0.15, 0.2) is 53.7 Å². The summed E-state index contributed by atoms with van der Waals surface area (Å²) >= 11 is 0. The van der Waals surface area contributed by atoms with Gasteiger partial charge in [-0.05, 0) is 72.7 Å². The summed E-state index contributed by atoms with van der Waals surface area (Å²) in [7, 11) is 2.68. The zero-order valence-corrected chi connectivity index (χ0v) is 23.6. The molecule has 4 aromatic rings. The van der Waals surface area contributed by atoms with Gasteiger partial charge >= 0.3 is 6.11 Å². The molecule has 0 spiro atoms. The fourth-order valence-corrected chi connectivity index (χ4v) is 4.99. The normalized spacial score (nSPS) is 15.1. The minimum absolute atomic E-state index is 0.00117. The quantitative estimate of drug-likeness (QED) is 0.260. The average molecular weight is 594 g/mol. The summed E-state index contributed by atoms with van der Waals surface area (Å²) in [4.78, 5) is 31.5. The third kappa shape index (κ3) is 6.37. The van der Waals surface area contributed by atoms with Crippen LogP contribution >= 0.6 is 0 Å². The van der Waals surface area contributed by atoms with Crippen molar-refractivity contribution in [2.24, 2.45) is 7.05 Å². The van der Waals surface area contributed by atoms with E-state index < -0.39 is 29.9 Å². The number of alkyl halides is 2. The Balaban J connectivity index is 1.33. The van der Waals surface area contributed by atoms with E-state index in [4.69, 9.17) is 0 Å². The van der Waals surface area contributed by atoms with E-state index in [2.05, 4.69) is 30.6 Å².